The Morgan fingerprint density at radius 1 is 1.18 bits per heavy atom. The van der Waals surface area contributed by atoms with Crippen LogP contribution in [0.1, 0.15) is 39.8 Å². The molecule has 0 amide bonds. The Kier molecular flexibility index (Phi) is 4.62. The average Bonchev–Trinajstić information content (AvgIpc) is 2.73. The highest BCUT2D eigenvalue weighted by Crippen LogP contribution is 2.20. The van der Waals surface area contributed by atoms with E-state index in [0.29, 0.717) is 11.3 Å². The molecule has 1 aromatic heterocycles. The van der Waals surface area contributed by atoms with E-state index >= 15 is 0 Å². The minimum Gasteiger partial charge on any atom is -0.385 e. The maximum atomic E-state index is 12.7. The number of Topliss-reactive ketones (excluding diaryl/α,β-unsaturated/α-hetero) is 1. The van der Waals surface area contributed by atoms with E-state index < -0.39 is 6.10 Å². The Morgan fingerprint density at radius 3 is 2.32 bits per heavy atom. The molecule has 1 heterocycles. The molecule has 1 atom stereocenters. The van der Waals surface area contributed by atoms with Crippen molar-refractivity contribution >= 4 is 11.6 Å². The zero-order chi connectivity index (χ0) is 16.4. The summed E-state index contributed by atoms with van der Waals surface area (Å²) in [5.41, 5.74) is 3.95. The molecule has 0 aliphatic rings. The van der Waals surface area contributed by atoms with Crippen LogP contribution in [0.2, 0.25) is 0 Å². The fraction of sp³-hybridized carbons (Fsp3) is 0.333. The number of nitrogens with zero attached hydrogens (tertiary/aromatic N) is 1. The topological polar surface area (TPSA) is 59.3 Å². The molecule has 0 fully saturated rings. The van der Waals surface area contributed by atoms with Crippen molar-refractivity contribution in [3.63, 3.8) is 0 Å². The van der Waals surface area contributed by atoms with Crippen LogP contribution in [-0.2, 0) is 18.3 Å². The van der Waals surface area contributed by atoms with Crippen molar-refractivity contribution in [1.82, 2.24) is 4.57 Å². The van der Waals surface area contributed by atoms with Gasteiger partial charge in [0.25, 0.3) is 0 Å². The molecule has 0 saturated heterocycles. The second-order valence-electron chi connectivity index (χ2n) is 5.75. The second-order valence-corrected chi connectivity index (χ2v) is 5.75. The van der Waals surface area contributed by atoms with Gasteiger partial charge in [-0.05, 0) is 32.4 Å². The zero-order valence-corrected chi connectivity index (χ0v) is 13.4. The average molecular weight is 299 g/mol. The number of ketones is 2. The highest BCUT2D eigenvalue weighted by atomic mass is 16.3. The van der Waals surface area contributed by atoms with Crippen LogP contribution in [0.25, 0.3) is 0 Å². The third kappa shape index (κ3) is 3.17. The van der Waals surface area contributed by atoms with Gasteiger partial charge in [0, 0.05) is 24.7 Å². The Morgan fingerprint density at radius 2 is 1.77 bits per heavy atom. The molecule has 0 spiro atoms. The van der Waals surface area contributed by atoms with Gasteiger partial charge in [0.2, 0.25) is 5.78 Å². The summed E-state index contributed by atoms with van der Waals surface area (Å²) in [6.07, 6.45) is -0.816. The number of rotatable bonds is 5. The van der Waals surface area contributed by atoms with E-state index in [9.17, 15) is 14.7 Å². The first kappa shape index (κ1) is 16.2. The fourth-order valence-corrected chi connectivity index (χ4v) is 2.53. The summed E-state index contributed by atoms with van der Waals surface area (Å²) in [4.78, 5) is 23.9. The van der Waals surface area contributed by atoms with Crippen LogP contribution in [0.5, 0.6) is 0 Å². The van der Waals surface area contributed by atoms with Crippen molar-refractivity contribution in [3.05, 3.63) is 58.4 Å². The highest BCUT2D eigenvalue weighted by molar-refractivity contribution is 6.09. The van der Waals surface area contributed by atoms with Crippen molar-refractivity contribution < 1.29 is 14.7 Å². The van der Waals surface area contributed by atoms with E-state index in [1.54, 1.807) is 11.6 Å². The molecule has 116 valence electrons. The number of hydrogen-bond donors (Lipinski definition) is 1. The summed E-state index contributed by atoms with van der Waals surface area (Å²) in [6.45, 7) is 5.20. The Hall–Kier alpha value is -2.20. The first-order valence-corrected chi connectivity index (χ1v) is 7.26. The Labute approximate surface area is 130 Å². The summed E-state index contributed by atoms with van der Waals surface area (Å²) in [5.74, 6) is -0.325. The third-order valence-corrected chi connectivity index (χ3v) is 3.92. The predicted molar refractivity (Wildman–Crippen MR) is 85.2 cm³/mol. The maximum Gasteiger partial charge on any atom is 0.209 e. The lowest BCUT2D eigenvalue weighted by Gasteiger charge is -2.10. The molecule has 4 heteroatoms. The smallest absolute Gasteiger partial charge is 0.209 e. The van der Waals surface area contributed by atoms with Gasteiger partial charge in [-0.2, -0.15) is 0 Å². The van der Waals surface area contributed by atoms with Gasteiger partial charge in [0.15, 0.2) is 5.78 Å². The molecule has 1 N–H and O–H groups in total. The number of carbonyl (C=O) groups excluding carboxylic acids is 2. The Bertz CT molecular complexity index is 711. The minimum absolute atomic E-state index is 0.0523. The number of aromatic nitrogens is 1. The molecule has 2 rings (SSSR count). The SMILES string of the molecule is CC(=O)C(O)Cc1cc(C)c(C(=O)c2ccc(C)cc2)n1C. The van der Waals surface area contributed by atoms with Crippen molar-refractivity contribution in [3.8, 4) is 0 Å². The number of aliphatic hydroxyl groups excluding tert-OH is 1. The van der Waals surface area contributed by atoms with E-state index in [1.807, 2.05) is 44.2 Å². The standard InChI is InChI=1S/C18H21NO3/c1-11-5-7-14(8-6-11)18(22)17-12(2)9-15(19(17)4)10-16(21)13(3)20/h5-9,16,21H,10H2,1-4H3. The summed E-state index contributed by atoms with van der Waals surface area (Å²) in [5, 5.41) is 9.74. The molecule has 0 aliphatic carbocycles. The van der Waals surface area contributed by atoms with Crippen molar-refractivity contribution in [2.24, 2.45) is 7.05 Å². The van der Waals surface area contributed by atoms with Gasteiger partial charge in [-0.15, -0.1) is 0 Å². The molecular formula is C18H21NO3. The molecule has 2 aromatic rings. The summed E-state index contributed by atoms with van der Waals surface area (Å²) < 4.78 is 1.77. The first-order chi connectivity index (χ1) is 10.3. The molecular weight excluding hydrogens is 278 g/mol. The third-order valence-electron chi connectivity index (χ3n) is 3.92. The first-order valence-electron chi connectivity index (χ1n) is 7.26. The van der Waals surface area contributed by atoms with Gasteiger partial charge >= 0.3 is 0 Å². The van der Waals surface area contributed by atoms with Crippen LogP contribution in [-0.4, -0.2) is 27.3 Å². The minimum atomic E-state index is -1.03. The number of aryl methyl sites for hydroxylation is 2. The lowest BCUT2D eigenvalue weighted by molar-refractivity contribution is -0.124. The molecule has 1 aromatic carbocycles. The highest BCUT2D eigenvalue weighted by Gasteiger charge is 2.20. The van der Waals surface area contributed by atoms with E-state index in [4.69, 9.17) is 0 Å². The molecule has 0 saturated carbocycles. The Balaban J connectivity index is 2.35. The molecule has 0 bridgehead atoms. The van der Waals surface area contributed by atoms with Gasteiger partial charge in [-0.25, -0.2) is 0 Å². The number of benzene rings is 1. The predicted octanol–water partition coefficient (Wildman–Crippen LogP) is 2.37. The fourth-order valence-electron chi connectivity index (χ4n) is 2.53. The quantitative estimate of drug-likeness (QED) is 0.862. The monoisotopic (exact) mass is 299 g/mol. The number of carbonyl (C=O) groups is 2. The van der Waals surface area contributed by atoms with Gasteiger partial charge in [-0.1, -0.05) is 29.8 Å². The largest absolute Gasteiger partial charge is 0.385 e. The number of hydrogen-bond acceptors (Lipinski definition) is 3. The summed E-state index contributed by atoms with van der Waals surface area (Å²) in [7, 11) is 1.79. The van der Waals surface area contributed by atoms with Gasteiger partial charge in [0.05, 0.1) is 5.69 Å². The molecule has 0 radical (unpaired) electrons. The van der Waals surface area contributed by atoms with E-state index in [2.05, 4.69) is 0 Å². The van der Waals surface area contributed by atoms with Gasteiger partial charge in [0.1, 0.15) is 6.10 Å². The number of aliphatic hydroxyl groups is 1. The summed E-state index contributed by atoms with van der Waals surface area (Å²) in [6, 6.07) is 9.30. The van der Waals surface area contributed by atoms with Crippen LogP contribution in [0, 0.1) is 13.8 Å². The van der Waals surface area contributed by atoms with Gasteiger partial charge in [-0.3, -0.25) is 9.59 Å². The van der Waals surface area contributed by atoms with Crippen molar-refractivity contribution in [2.45, 2.75) is 33.3 Å². The van der Waals surface area contributed by atoms with Crippen LogP contribution in [0.15, 0.2) is 30.3 Å². The van der Waals surface area contributed by atoms with E-state index in [1.165, 1.54) is 6.92 Å². The second kappa shape index (κ2) is 6.28. The van der Waals surface area contributed by atoms with Crippen LogP contribution in [0.4, 0.5) is 0 Å². The van der Waals surface area contributed by atoms with Crippen LogP contribution >= 0.6 is 0 Å². The maximum absolute atomic E-state index is 12.7. The van der Waals surface area contributed by atoms with Crippen LogP contribution in [0.3, 0.4) is 0 Å². The lowest BCUT2D eigenvalue weighted by atomic mass is 10.0. The van der Waals surface area contributed by atoms with E-state index in [0.717, 1.165) is 16.8 Å². The molecule has 4 nitrogen and oxygen atoms in total. The molecule has 22 heavy (non-hydrogen) atoms. The normalized spacial score (nSPS) is 12.2. The van der Waals surface area contributed by atoms with E-state index in [-0.39, 0.29) is 18.0 Å². The van der Waals surface area contributed by atoms with Crippen LogP contribution < -0.4 is 0 Å². The lowest BCUT2D eigenvalue weighted by Crippen LogP contribution is -2.21. The molecule has 1 unspecified atom stereocenters. The van der Waals surface area contributed by atoms with Crippen molar-refractivity contribution in [2.75, 3.05) is 0 Å². The molecule has 0 aliphatic heterocycles. The van der Waals surface area contributed by atoms with Gasteiger partial charge < -0.3 is 9.67 Å². The summed E-state index contributed by atoms with van der Waals surface area (Å²) >= 11 is 0. The van der Waals surface area contributed by atoms with Crippen molar-refractivity contribution in [1.29, 1.82) is 0 Å². The zero-order valence-electron chi connectivity index (χ0n) is 13.4.